The third kappa shape index (κ3) is 5.54. The quantitative estimate of drug-likeness (QED) is 0.589. The Bertz CT molecular complexity index is 275. The fourth-order valence-corrected chi connectivity index (χ4v) is 2.52. The molecule has 0 aromatic heterocycles. The molecule has 0 spiro atoms. The van der Waals surface area contributed by atoms with E-state index in [9.17, 15) is 0 Å². The molecule has 0 saturated carbocycles. The van der Waals surface area contributed by atoms with Gasteiger partial charge in [-0.25, -0.2) is 0 Å². The zero-order chi connectivity index (χ0) is 12.7. The summed E-state index contributed by atoms with van der Waals surface area (Å²) in [6.45, 7) is 6.84. The summed E-state index contributed by atoms with van der Waals surface area (Å²) in [5.74, 6) is 0.663. The summed E-state index contributed by atoms with van der Waals surface area (Å²) in [6.07, 6.45) is 12.5. The van der Waals surface area contributed by atoms with Crippen LogP contribution in [0.25, 0.3) is 0 Å². The van der Waals surface area contributed by atoms with Crippen LogP contribution in [0, 0.1) is 5.92 Å². The van der Waals surface area contributed by atoms with Crippen molar-refractivity contribution in [3.8, 4) is 0 Å². The van der Waals surface area contributed by atoms with Gasteiger partial charge in [0.2, 0.25) is 0 Å². The normalized spacial score (nSPS) is 34.8. The molecule has 0 aromatic carbocycles. The molecule has 0 saturated heterocycles. The van der Waals surface area contributed by atoms with E-state index in [1.54, 1.807) is 5.57 Å². The van der Waals surface area contributed by atoms with E-state index in [-0.39, 0.29) is 0 Å². The maximum atomic E-state index is 5.63. The lowest BCUT2D eigenvalue weighted by Crippen LogP contribution is -2.20. The summed E-state index contributed by atoms with van der Waals surface area (Å²) in [7, 11) is 1.85. The van der Waals surface area contributed by atoms with E-state index in [2.05, 4.69) is 32.9 Å². The molecule has 1 heteroatoms. The van der Waals surface area contributed by atoms with Crippen molar-refractivity contribution < 1.29 is 4.74 Å². The number of methoxy groups -OCH3 is 1. The highest BCUT2D eigenvalue weighted by molar-refractivity contribution is 5.04. The lowest BCUT2D eigenvalue weighted by molar-refractivity contribution is 0.0495. The Balaban J connectivity index is 2.65. The van der Waals surface area contributed by atoms with Crippen LogP contribution in [0.2, 0.25) is 0 Å². The average Bonchev–Trinajstić information content (AvgIpc) is 2.30. The third-order valence-corrected chi connectivity index (χ3v) is 3.91. The number of ether oxygens (including phenoxy) is 1. The van der Waals surface area contributed by atoms with Crippen LogP contribution >= 0.6 is 0 Å². The maximum Gasteiger partial charge on any atom is 0.0599 e. The molecule has 0 aromatic rings. The number of hydrogen-bond donors (Lipinski definition) is 0. The molecule has 2 atom stereocenters. The average molecular weight is 236 g/mol. The Labute approximate surface area is 107 Å². The maximum absolute atomic E-state index is 5.63. The van der Waals surface area contributed by atoms with Crippen LogP contribution in [0.4, 0.5) is 0 Å². The van der Waals surface area contributed by atoms with Crippen LogP contribution in [-0.2, 0) is 4.74 Å². The fraction of sp³-hybridized carbons (Fsp3) is 0.750. The Morgan fingerprint density at radius 2 is 1.65 bits per heavy atom. The van der Waals surface area contributed by atoms with Crippen LogP contribution in [0.5, 0.6) is 0 Å². The summed E-state index contributed by atoms with van der Waals surface area (Å²) < 4.78 is 5.63. The Hall–Kier alpha value is -0.560. The first-order chi connectivity index (χ1) is 8.13. The van der Waals surface area contributed by atoms with Crippen molar-refractivity contribution in [1.29, 1.82) is 0 Å². The SMILES string of the molecule is COC1CC/C=C(/C)CC/C=C(/C)CCC1C. The molecule has 0 bridgehead atoms. The van der Waals surface area contributed by atoms with Crippen molar-refractivity contribution in [3.63, 3.8) is 0 Å². The zero-order valence-electron chi connectivity index (χ0n) is 12.0. The highest BCUT2D eigenvalue weighted by atomic mass is 16.5. The first-order valence-electron chi connectivity index (χ1n) is 6.97. The molecule has 0 amide bonds. The first-order valence-corrected chi connectivity index (χ1v) is 6.97. The van der Waals surface area contributed by atoms with Crippen molar-refractivity contribution >= 4 is 0 Å². The summed E-state index contributed by atoms with van der Waals surface area (Å²) in [6, 6.07) is 0. The molecule has 0 aliphatic heterocycles. The van der Waals surface area contributed by atoms with E-state index in [4.69, 9.17) is 4.74 Å². The van der Waals surface area contributed by atoms with Crippen molar-refractivity contribution in [2.45, 2.75) is 65.4 Å². The second-order valence-corrected chi connectivity index (χ2v) is 5.51. The molecule has 0 heterocycles. The van der Waals surface area contributed by atoms with Crippen LogP contribution < -0.4 is 0 Å². The zero-order valence-corrected chi connectivity index (χ0v) is 12.0. The van der Waals surface area contributed by atoms with Gasteiger partial charge < -0.3 is 4.74 Å². The van der Waals surface area contributed by atoms with Gasteiger partial charge >= 0.3 is 0 Å². The van der Waals surface area contributed by atoms with Gasteiger partial charge in [0, 0.05) is 7.11 Å². The Kier molecular flexibility index (Phi) is 6.57. The molecule has 1 nitrogen and oxygen atoms in total. The van der Waals surface area contributed by atoms with E-state index in [1.165, 1.54) is 31.3 Å². The first kappa shape index (κ1) is 14.5. The largest absolute Gasteiger partial charge is 0.381 e. The lowest BCUT2D eigenvalue weighted by Gasteiger charge is -2.23. The van der Waals surface area contributed by atoms with Gasteiger partial charge in [0.1, 0.15) is 0 Å². The highest BCUT2D eigenvalue weighted by Crippen LogP contribution is 2.22. The fourth-order valence-electron chi connectivity index (χ4n) is 2.52. The predicted octanol–water partition coefficient (Wildman–Crippen LogP) is 4.88. The van der Waals surface area contributed by atoms with Gasteiger partial charge in [0.25, 0.3) is 0 Å². The van der Waals surface area contributed by atoms with Crippen LogP contribution in [0.15, 0.2) is 23.3 Å². The smallest absolute Gasteiger partial charge is 0.0599 e. The molecule has 2 unspecified atom stereocenters. The van der Waals surface area contributed by atoms with Gasteiger partial charge in [-0.3, -0.25) is 0 Å². The number of hydrogen-bond acceptors (Lipinski definition) is 1. The van der Waals surface area contributed by atoms with Crippen molar-refractivity contribution in [3.05, 3.63) is 23.3 Å². The molecule has 0 N–H and O–H groups in total. The van der Waals surface area contributed by atoms with Gasteiger partial charge in [0.05, 0.1) is 6.10 Å². The molecule has 1 aliphatic rings. The molecule has 17 heavy (non-hydrogen) atoms. The number of rotatable bonds is 1. The van der Waals surface area contributed by atoms with Gasteiger partial charge in [-0.1, -0.05) is 30.2 Å². The minimum absolute atomic E-state index is 0.422. The molecule has 1 rings (SSSR count). The molecule has 0 fully saturated rings. The summed E-state index contributed by atoms with van der Waals surface area (Å²) in [5.41, 5.74) is 3.07. The topological polar surface area (TPSA) is 9.23 Å². The third-order valence-electron chi connectivity index (χ3n) is 3.91. The van der Waals surface area contributed by atoms with E-state index in [1.807, 2.05) is 7.11 Å². The molecular formula is C16H28O. The van der Waals surface area contributed by atoms with Crippen molar-refractivity contribution in [1.82, 2.24) is 0 Å². The van der Waals surface area contributed by atoms with E-state index in [0.717, 1.165) is 12.8 Å². The van der Waals surface area contributed by atoms with Gasteiger partial charge in [0.15, 0.2) is 0 Å². The second kappa shape index (κ2) is 7.71. The summed E-state index contributed by atoms with van der Waals surface area (Å²) in [4.78, 5) is 0. The van der Waals surface area contributed by atoms with E-state index < -0.39 is 0 Å². The van der Waals surface area contributed by atoms with Gasteiger partial charge in [-0.2, -0.15) is 0 Å². The molecular weight excluding hydrogens is 208 g/mol. The Morgan fingerprint density at radius 3 is 2.35 bits per heavy atom. The minimum atomic E-state index is 0.422. The van der Waals surface area contributed by atoms with Crippen LogP contribution in [0.3, 0.4) is 0 Å². The van der Waals surface area contributed by atoms with E-state index in [0.29, 0.717) is 12.0 Å². The molecule has 0 radical (unpaired) electrons. The highest BCUT2D eigenvalue weighted by Gasteiger charge is 2.16. The number of allylic oxidation sites excluding steroid dienone is 4. The minimum Gasteiger partial charge on any atom is -0.381 e. The second-order valence-electron chi connectivity index (χ2n) is 5.51. The van der Waals surface area contributed by atoms with Gasteiger partial charge in [-0.15, -0.1) is 0 Å². The monoisotopic (exact) mass is 236 g/mol. The standard InChI is InChI=1S/C16H28O/c1-13-7-5-8-14(2)11-12-15(3)16(17-4)10-6-9-13/h8-9,15-16H,5-7,10-12H2,1-4H3/b13-9-,14-8-. The summed E-state index contributed by atoms with van der Waals surface area (Å²) in [5, 5.41) is 0. The molecule has 98 valence electrons. The summed E-state index contributed by atoms with van der Waals surface area (Å²) >= 11 is 0. The van der Waals surface area contributed by atoms with E-state index >= 15 is 0 Å². The molecule has 1 aliphatic carbocycles. The van der Waals surface area contributed by atoms with Crippen molar-refractivity contribution in [2.24, 2.45) is 5.92 Å². The lowest BCUT2D eigenvalue weighted by atomic mass is 9.92. The van der Waals surface area contributed by atoms with Crippen molar-refractivity contribution in [2.75, 3.05) is 7.11 Å². The predicted molar refractivity (Wildman–Crippen MR) is 75.2 cm³/mol. The van der Waals surface area contributed by atoms with Crippen LogP contribution in [-0.4, -0.2) is 13.2 Å². The Morgan fingerprint density at radius 1 is 1.00 bits per heavy atom. The van der Waals surface area contributed by atoms with Crippen LogP contribution in [0.1, 0.15) is 59.3 Å². The van der Waals surface area contributed by atoms with Gasteiger partial charge in [-0.05, 0) is 58.3 Å².